The Morgan fingerprint density at radius 3 is 2.96 bits per heavy atom. The summed E-state index contributed by atoms with van der Waals surface area (Å²) in [7, 11) is 0. The lowest BCUT2D eigenvalue weighted by atomic mass is 9.97. The van der Waals surface area contributed by atoms with Gasteiger partial charge in [-0.15, -0.1) is 0 Å². The smallest absolute Gasteiger partial charge is 0.238 e. The maximum Gasteiger partial charge on any atom is 0.238 e. The number of aromatic nitrogens is 2. The molecule has 3 aromatic rings. The molecule has 140 valence electrons. The van der Waals surface area contributed by atoms with Crippen molar-refractivity contribution < 1.29 is 4.79 Å². The molecule has 5 nitrogen and oxygen atoms in total. The molecule has 27 heavy (non-hydrogen) atoms. The normalized spacial score (nSPS) is 17.9. The van der Waals surface area contributed by atoms with E-state index >= 15 is 0 Å². The van der Waals surface area contributed by atoms with Crippen molar-refractivity contribution in [3.63, 3.8) is 0 Å². The molecule has 5 heteroatoms. The first kappa shape index (κ1) is 17.7. The Balaban J connectivity index is 1.40. The van der Waals surface area contributed by atoms with Crippen LogP contribution in [0.2, 0.25) is 0 Å². The Kier molecular flexibility index (Phi) is 4.94. The molecule has 1 aliphatic rings. The summed E-state index contributed by atoms with van der Waals surface area (Å²) in [5.74, 6) is 1.43. The fraction of sp³-hybridized carbons (Fsp3) is 0.364. The van der Waals surface area contributed by atoms with E-state index in [-0.39, 0.29) is 5.91 Å². The van der Waals surface area contributed by atoms with Gasteiger partial charge in [0.05, 0.1) is 17.6 Å². The van der Waals surface area contributed by atoms with E-state index in [2.05, 4.69) is 27.3 Å². The van der Waals surface area contributed by atoms with Gasteiger partial charge < -0.3 is 10.3 Å². The maximum absolute atomic E-state index is 12.6. The standard InChI is InChI=1S/C22H26N4O/c1-15-9-10-16(2)20(12-15)23-21(27)14-26-11-5-6-17(13-26)22-24-18-7-3-4-8-19(18)25-22/h3-4,7-10,12,17H,5-6,11,13-14H2,1-2H3,(H,23,27)(H,24,25). The van der Waals surface area contributed by atoms with Gasteiger partial charge in [0.15, 0.2) is 0 Å². The summed E-state index contributed by atoms with van der Waals surface area (Å²) in [6, 6.07) is 14.3. The number of nitrogens with zero attached hydrogens (tertiary/aromatic N) is 2. The van der Waals surface area contributed by atoms with Gasteiger partial charge in [0.25, 0.3) is 0 Å². The zero-order chi connectivity index (χ0) is 18.8. The number of rotatable bonds is 4. The minimum Gasteiger partial charge on any atom is -0.342 e. The predicted octanol–water partition coefficient (Wildman–Crippen LogP) is 4.00. The number of hydrogen-bond acceptors (Lipinski definition) is 3. The summed E-state index contributed by atoms with van der Waals surface area (Å²) < 4.78 is 0. The van der Waals surface area contributed by atoms with Crippen molar-refractivity contribution in [2.24, 2.45) is 0 Å². The van der Waals surface area contributed by atoms with Crippen LogP contribution in [0.5, 0.6) is 0 Å². The molecule has 4 rings (SSSR count). The lowest BCUT2D eigenvalue weighted by Crippen LogP contribution is -2.40. The molecule has 2 heterocycles. The first-order valence-electron chi connectivity index (χ1n) is 9.62. The molecular formula is C22H26N4O. The van der Waals surface area contributed by atoms with Gasteiger partial charge in [-0.1, -0.05) is 24.3 Å². The Hall–Kier alpha value is -2.66. The average molecular weight is 362 g/mol. The molecule has 1 unspecified atom stereocenters. The third kappa shape index (κ3) is 4.03. The summed E-state index contributed by atoms with van der Waals surface area (Å²) in [5, 5.41) is 3.07. The highest BCUT2D eigenvalue weighted by molar-refractivity contribution is 5.93. The zero-order valence-corrected chi connectivity index (χ0v) is 16.0. The van der Waals surface area contributed by atoms with Crippen molar-refractivity contribution in [1.82, 2.24) is 14.9 Å². The second-order valence-corrected chi connectivity index (χ2v) is 7.58. The number of benzene rings is 2. The number of hydrogen-bond donors (Lipinski definition) is 2. The van der Waals surface area contributed by atoms with E-state index in [0.29, 0.717) is 12.5 Å². The highest BCUT2D eigenvalue weighted by atomic mass is 16.2. The molecule has 0 radical (unpaired) electrons. The van der Waals surface area contributed by atoms with Crippen LogP contribution in [-0.4, -0.2) is 40.4 Å². The van der Waals surface area contributed by atoms with Crippen LogP contribution in [0.3, 0.4) is 0 Å². The molecule has 1 aliphatic heterocycles. The lowest BCUT2D eigenvalue weighted by Gasteiger charge is -2.31. The number of para-hydroxylation sites is 2. The topological polar surface area (TPSA) is 61.0 Å². The van der Waals surface area contributed by atoms with Crippen molar-refractivity contribution in [3.05, 3.63) is 59.4 Å². The zero-order valence-electron chi connectivity index (χ0n) is 16.0. The van der Waals surface area contributed by atoms with Crippen LogP contribution < -0.4 is 5.32 Å². The summed E-state index contributed by atoms with van der Waals surface area (Å²) in [6.45, 7) is 6.30. The molecule has 2 aromatic carbocycles. The van der Waals surface area contributed by atoms with E-state index in [1.807, 2.05) is 44.2 Å². The Labute approximate surface area is 159 Å². The molecule has 0 bridgehead atoms. The first-order chi connectivity index (χ1) is 13.1. The minimum atomic E-state index is 0.0500. The molecule has 1 amide bonds. The van der Waals surface area contributed by atoms with E-state index in [4.69, 9.17) is 4.98 Å². The number of carbonyl (C=O) groups excluding carboxylic acids is 1. The van der Waals surface area contributed by atoms with Crippen LogP contribution in [0.1, 0.15) is 35.7 Å². The molecule has 1 fully saturated rings. The van der Waals surface area contributed by atoms with Gasteiger partial charge in [-0.3, -0.25) is 9.69 Å². The predicted molar refractivity (Wildman–Crippen MR) is 109 cm³/mol. The SMILES string of the molecule is Cc1ccc(C)c(NC(=O)CN2CCCC(c3nc4ccccc4[nH]3)C2)c1. The van der Waals surface area contributed by atoms with Crippen molar-refractivity contribution >= 4 is 22.6 Å². The fourth-order valence-electron chi connectivity index (χ4n) is 3.85. The number of H-pyrrole nitrogens is 1. The monoisotopic (exact) mass is 362 g/mol. The van der Waals surface area contributed by atoms with Crippen LogP contribution in [0, 0.1) is 13.8 Å². The molecule has 0 spiro atoms. The van der Waals surface area contributed by atoms with Crippen molar-refractivity contribution in [3.8, 4) is 0 Å². The second kappa shape index (κ2) is 7.53. The third-order valence-corrected chi connectivity index (χ3v) is 5.33. The number of imidazole rings is 1. The molecule has 1 saturated heterocycles. The minimum absolute atomic E-state index is 0.0500. The number of nitrogens with one attached hydrogen (secondary N) is 2. The largest absolute Gasteiger partial charge is 0.342 e. The molecular weight excluding hydrogens is 336 g/mol. The maximum atomic E-state index is 12.6. The van der Waals surface area contributed by atoms with E-state index in [9.17, 15) is 4.79 Å². The average Bonchev–Trinajstić information content (AvgIpc) is 3.09. The number of aromatic amines is 1. The van der Waals surface area contributed by atoms with Crippen LogP contribution in [-0.2, 0) is 4.79 Å². The summed E-state index contributed by atoms with van der Waals surface area (Å²) in [6.07, 6.45) is 2.19. The lowest BCUT2D eigenvalue weighted by molar-refractivity contribution is -0.117. The number of carbonyl (C=O) groups is 1. The molecule has 0 aliphatic carbocycles. The van der Waals surface area contributed by atoms with Gasteiger partial charge in [-0.2, -0.15) is 0 Å². The summed E-state index contributed by atoms with van der Waals surface area (Å²) in [4.78, 5) is 23.0. The Bertz CT molecular complexity index is 929. The van der Waals surface area contributed by atoms with E-state index in [1.54, 1.807) is 0 Å². The molecule has 2 N–H and O–H groups in total. The number of amides is 1. The Morgan fingerprint density at radius 2 is 2.11 bits per heavy atom. The van der Waals surface area contributed by atoms with Gasteiger partial charge in [0.1, 0.15) is 5.82 Å². The molecule has 1 aromatic heterocycles. The van der Waals surface area contributed by atoms with Gasteiger partial charge >= 0.3 is 0 Å². The molecule has 1 atom stereocenters. The second-order valence-electron chi connectivity index (χ2n) is 7.58. The van der Waals surface area contributed by atoms with Crippen LogP contribution in [0.4, 0.5) is 5.69 Å². The number of anilines is 1. The molecule has 0 saturated carbocycles. The highest BCUT2D eigenvalue weighted by Crippen LogP contribution is 2.26. The first-order valence-corrected chi connectivity index (χ1v) is 9.62. The van der Waals surface area contributed by atoms with Gasteiger partial charge in [-0.05, 0) is 62.6 Å². The van der Waals surface area contributed by atoms with E-state index < -0.39 is 0 Å². The number of likely N-dealkylation sites (tertiary alicyclic amines) is 1. The third-order valence-electron chi connectivity index (χ3n) is 5.33. The summed E-state index contributed by atoms with van der Waals surface area (Å²) >= 11 is 0. The number of fused-ring (bicyclic) bond motifs is 1. The van der Waals surface area contributed by atoms with Gasteiger partial charge in [0.2, 0.25) is 5.91 Å². The van der Waals surface area contributed by atoms with Crippen LogP contribution in [0.15, 0.2) is 42.5 Å². The summed E-state index contributed by atoms with van der Waals surface area (Å²) in [5.41, 5.74) is 5.24. The van der Waals surface area contributed by atoms with E-state index in [0.717, 1.165) is 59.6 Å². The number of piperidine rings is 1. The Morgan fingerprint density at radius 1 is 1.26 bits per heavy atom. The number of aryl methyl sites for hydroxylation is 2. The van der Waals surface area contributed by atoms with Crippen molar-refractivity contribution in [2.75, 3.05) is 25.0 Å². The van der Waals surface area contributed by atoms with Crippen LogP contribution >= 0.6 is 0 Å². The van der Waals surface area contributed by atoms with Gasteiger partial charge in [0, 0.05) is 18.2 Å². The van der Waals surface area contributed by atoms with Crippen LogP contribution in [0.25, 0.3) is 11.0 Å². The van der Waals surface area contributed by atoms with Crippen molar-refractivity contribution in [2.45, 2.75) is 32.6 Å². The van der Waals surface area contributed by atoms with Gasteiger partial charge in [-0.25, -0.2) is 4.98 Å². The quantitative estimate of drug-likeness (QED) is 0.737. The van der Waals surface area contributed by atoms with E-state index in [1.165, 1.54) is 0 Å². The van der Waals surface area contributed by atoms with Crippen molar-refractivity contribution in [1.29, 1.82) is 0 Å². The highest BCUT2D eigenvalue weighted by Gasteiger charge is 2.25. The fourth-order valence-corrected chi connectivity index (χ4v) is 3.85.